The zero-order valence-electron chi connectivity index (χ0n) is 28.7. The van der Waals surface area contributed by atoms with Gasteiger partial charge in [0.05, 0.1) is 0 Å². The largest absolute Gasteiger partial charge is 1.00 e. The van der Waals surface area contributed by atoms with Crippen LogP contribution in [0.15, 0.2) is 96.6 Å². The molecule has 0 amide bonds. The maximum absolute atomic E-state index is 12.7. The van der Waals surface area contributed by atoms with E-state index in [-0.39, 0.29) is 35.9 Å². The molecule has 0 saturated heterocycles. The van der Waals surface area contributed by atoms with Crippen molar-refractivity contribution in [2.75, 3.05) is 0 Å². The second kappa shape index (κ2) is 17.7. The molecular weight excluding hydrogens is 769 g/mol. The molecule has 0 aliphatic heterocycles. The Morgan fingerprint density at radius 2 is 1.30 bits per heavy atom. The Labute approximate surface area is 319 Å². The summed E-state index contributed by atoms with van der Waals surface area (Å²) in [7, 11) is 0. The molecule has 50 heavy (non-hydrogen) atoms. The van der Waals surface area contributed by atoms with Crippen LogP contribution in [-0.2, 0) is 43.0 Å². The van der Waals surface area contributed by atoms with E-state index in [1.54, 1.807) is 0 Å². The van der Waals surface area contributed by atoms with Crippen LogP contribution in [0, 0.1) is 37.3 Å². The number of allylic oxidation sites excluding steroid dienone is 4. The van der Waals surface area contributed by atoms with Crippen LogP contribution in [0.25, 0.3) is 11.1 Å². The third-order valence-corrected chi connectivity index (χ3v) is 9.61. The van der Waals surface area contributed by atoms with E-state index in [1.807, 2.05) is 0 Å². The van der Waals surface area contributed by atoms with Crippen molar-refractivity contribution in [3.8, 4) is 11.1 Å². The van der Waals surface area contributed by atoms with Crippen molar-refractivity contribution in [2.45, 2.75) is 66.7 Å². The normalized spacial score (nSPS) is 14.4. The topological polar surface area (TPSA) is 0 Å². The third-order valence-electron chi connectivity index (χ3n) is 8.19. The number of alkyl halides is 6. The first-order chi connectivity index (χ1) is 22.4. The molecule has 0 aromatic heterocycles. The molecule has 6 rings (SSSR count). The van der Waals surface area contributed by atoms with Crippen LogP contribution < -0.4 is 24.8 Å². The molecule has 0 saturated carbocycles. The Morgan fingerprint density at radius 3 is 1.76 bits per heavy atom. The van der Waals surface area contributed by atoms with Crippen molar-refractivity contribution in [3.63, 3.8) is 0 Å². The van der Waals surface area contributed by atoms with E-state index in [1.165, 1.54) is 69.6 Å². The van der Waals surface area contributed by atoms with Gasteiger partial charge in [-0.2, -0.15) is 35.4 Å². The number of hydrogen-bond acceptors (Lipinski definition) is 0. The minimum Gasteiger partial charge on any atom is -1.00 e. The van der Waals surface area contributed by atoms with E-state index >= 15 is 0 Å². The molecule has 0 spiro atoms. The van der Waals surface area contributed by atoms with E-state index in [9.17, 15) is 26.3 Å². The molecule has 4 aromatic carbocycles. The van der Waals surface area contributed by atoms with Gasteiger partial charge in [0, 0.05) is 0 Å². The number of rotatable bonds is 3. The van der Waals surface area contributed by atoms with Crippen molar-refractivity contribution in [1.82, 2.24) is 0 Å². The fraction of sp³-hybridized carbons (Fsp3) is 0.293. The van der Waals surface area contributed by atoms with Gasteiger partial charge in [0.15, 0.2) is 0 Å². The van der Waals surface area contributed by atoms with Crippen molar-refractivity contribution in [2.24, 2.45) is 11.3 Å². The minimum absolute atomic E-state index is 0. The van der Waals surface area contributed by atoms with Gasteiger partial charge in [-0.05, 0) is 18.9 Å². The molecule has 0 fully saturated rings. The summed E-state index contributed by atoms with van der Waals surface area (Å²) in [6.45, 7) is 13.2. The predicted octanol–water partition coefficient (Wildman–Crippen LogP) is 5.88. The summed E-state index contributed by atoms with van der Waals surface area (Å²) in [6.07, 6.45) is 1.08. The van der Waals surface area contributed by atoms with Gasteiger partial charge >= 0.3 is 137 Å². The average molecular weight is 807 g/mol. The Balaban J connectivity index is 0.000000270. The van der Waals surface area contributed by atoms with Gasteiger partial charge in [-0.15, -0.1) is 11.1 Å². The third kappa shape index (κ3) is 11.4. The predicted molar refractivity (Wildman–Crippen MR) is 178 cm³/mol. The number of halogens is 8. The maximum atomic E-state index is 12.7. The van der Waals surface area contributed by atoms with Gasteiger partial charge in [0.1, 0.15) is 0 Å². The smallest absolute Gasteiger partial charge is 1.00 e. The molecule has 2 aliphatic rings. The van der Waals surface area contributed by atoms with Crippen LogP contribution >= 0.6 is 0 Å². The molecule has 1 unspecified atom stereocenters. The zero-order chi connectivity index (χ0) is 35.4. The molecule has 1 atom stereocenters. The van der Waals surface area contributed by atoms with Crippen LogP contribution in [0.3, 0.4) is 0 Å². The Kier molecular flexibility index (Phi) is 15.3. The van der Waals surface area contributed by atoms with Crippen LogP contribution in [0.5, 0.6) is 0 Å². The summed E-state index contributed by atoms with van der Waals surface area (Å²) in [5.41, 5.74) is 8.79. The van der Waals surface area contributed by atoms with Crippen molar-refractivity contribution < 1.29 is 75.4 Å². The van der Waals surface area contributed by atoms with E-state index in [0.29, 0.717) is 14.5 Å². The molecule has 0 N–H and O–H groups in total. The van der Waals surface area contributed by atoms with Crippen molar-refractivity contribution in [3.05, 3.63) is 153 Å². The van der Waals surface area contributed by atoms with E-state index in [0.717, 1.165) is 54.9 Å². The molecule has 0 bridgehead atoms. The first kappa shape index (κ1) is 43.4. The number of hydrogen-bond donors (Lipinski definition) is 0. The second-order valence-corrected chi connectivity index (χ2v) is 14.3. The molecule has 0 nitrogen and oxygen atoms in total. The van der Waals surface area contributed by atoms with Gasteiger partial charge in [-0.3, -0.25) is 6.08 Å². The average Bonchev–Trinajstić information content (AvgIpc) is 3.65. The summed E-state index contributed by atoms with van der Waals surface area (Å²) in [4.78, 5) is 0. The van der Waals surface area contributed by atoms with Crippen LogP contribution in [0.2, 0.25) is 0 Å². The van der Waals surface area contributed by atoms with Gasteiger partial charge in [-0.25, -0.2) is 6.08 Å². The molecule has 4 aromatic rings. The van der Waals surface area contributed by atoms with Crippen LogP contribution in [0.1, 0.15) is 78.6 Å². The zero-order valence-corrected chi connectivity index (χ0v) is 32.6. The molecular formula is C41H38Cl2F6Zr-2. The fourth-order valence-corrected chi connectivity index (χ4v) is 6.21. The summed E-state index contributed by atoms with van der Waals surface area (Å²) in [6, 6.07) is 23.7. The van der Waals surface area contributed by atoms with Crippen LogP contribution in [0.4, 0.5) is 26.3 Å². The fourth-order valence-electron chi connectivity index (χ4n) is 5.45. The second-order valence-electron chi connectivity index (χ2n) is 13.1. The summed E-state index contributed by atoms with van der Waals surface area (Å²) >= 11 is 0.729. The van der Waals surface area contributed by atoms with E-state index in [2.05, 4.69) is 96.2 Å². The Morgan fingerprint density at radius 1 is 0.760 bits per heavy atom. The molecule has 0 radical (unpaired) electrons. The molecule has 9 heteroatoms. The van der Waals surface area contributed by atoms with Gasteiger partial charge in [0.25, 0.3) is 0 Å². The maximum Gasteiger partial charge on any atom is -1.00 e. The van der Waals surface area contributed by atoms with E-state index < -0.39 is 23.5 Å². The summed E-state index contributed by atoms with van der Waals surface area (Å²) in [5.74, 6) is 0.573. The Hall–Kier alpha value is -2.73. The monoisotopic (exact) mass is 804 g/mol. The number of aryl methyl sites for hydroxylation is 2. The number of fused-ring (bicyclic) bond motifs is 3. The van der Waals surface area contributed by atoms with Crippen molar-refractivity contribution in [1.29, 1.82) is 0 Å². The molecule has 2 aliphatic carbocycles. The quantitative estimate of drug-likeness (QED) is 0.158. The standard InChI is InChI=1S/C15H8F6.C15H13.C11H17.2ClH.Zr/c16-14(17,18)12-5-1-3-10(8-12)7-11-4-2-6-13(9-11)15(19,20)21;1-10-3-5-14-12(7-10)9-13-8-11(2)4-6-15(13)14;1-5-9-6-7-10(8-9)11(2,3)4;;;/h1-6,8-9H;3-7H,9H2,1-2H3;7-9H,5H2,1-4H3;2*1H;/q;2*-1;;;+2/p-2. The summed E-state index contributed by atoms with van der Waals surface area (Å²) in [5, 5.41) is 0. The van der Waals surface area contributed by atoms with Crippen LogP contribution in [-0.4, -0.2) is 3.21 Å². The molecule has 264 valence electrons. The first-order valence-corrected chi connectivity index (χ1v) is 17.0. The first-order valence-electron chi connectivity index (χ1n) is 15.7. The molecule has 0 heterocycles. The number of benzene rings is 4. The minimum atomic E-state index is -4.49. The summed E-state index contributed by atoms with van der Waals surface area (Å²) < 4.78 is 76.7. The van der Waals surface area contributed by atoms with Gasteiger partial charge < -0.3 is 24.8 Å². The van der Waals surface area contributed by atoms with Gasteiger partial charge in [0.2, 0.25) is 0 Å². The van der Waals surface area contributed by atoms with E-state index in [4.69, 9.17) is 0 Å². The Bertz CT molecular complexity index is 1740. The SMILES string of the molecule is CCC1[C-]=CC(C(C)(C)C)=C1.Cc1[c-]c2c(cc1)-c1ccc(C)cc1C2.FC(F)(F)c1cccc([C](=[Zr+2])c2cccc(C(F)(F)F)c2)c1.[Cl-].[Cl-]. The van der Waals surface area contributed by atoms with Gasteiger partial charge in [-0.1, -0.05) is 81.7 Å². The van der Waals surface area contributed by atoms with Crippen molar-refractivity contribution >= 4 is 3.21 Å².